The van der Waals surface area contributed by atoms with Gasteiger partial charge in [-0.1, -0.05) is 23.7 Å². The van der Waals surface area contributed by atoms with Gasteiger partial charge in [0.2, 0.25) is 0 Å². The first-order chi connectivity index (χ1) is 6.84. The molecule has 2 heteroatoms. The lowest BCUT2D eigenvalue weighted by Gasteiger charge is -2.03. The van der Waals surface area contributed by atoms with Crippen molar-refractivity contribution in [2.75, 3.05) is 0 Å². The molecule has 0 amide bonds. The average molecular weight is 181 g/mol. The van der Waals surface area contributed by atoms with E-state index in [0.29, 0.717) is 0 Å². The maximum absolute atomic E-state index is 3.47. The van der Waals surface area contributed by atoms with Gasteiger partial charge in [0, 0.05) is 16.6 Å². The lowest BCUT2D eigenvalue weighted by atomic mass is 9.94. The number of aromatic nitrogens is 1. The minimum atomic E-state index is 1.17. The van der Waals surface area contributed by atoms with E-state index < -0.39 is 0 Å². The van der Waals surface area contributed by atoms with Crippen molar-refractivity contribution in [3.8, 4) is 0 Å². The number of rotatable bonds is 0. The maximum atomic E-state index is 3.47. The third kappa shape index (κ3) is 1.03. The topological polar surface area (TPSA) is 15.8 Å². The number of hydrogen-bond acceptors (Lipinski definition) is 0. The number of fused-ring (bicyclic) bond motifs is 3. The van der Waals surface area contributed by atoms with Crippen molar-refractivity contribution in [3.05, 3.63) is 35.5 Å². The molecule has 3 rings (SSSR count). The van der Waals surface area contributed by atoms with Gasteiger partial charge in [0.25, 0.3) is 0 Å². The first kappa shape index (κ1) is 7.92. The Kier molecular flexibility index (Phi) is 1.57. The SMILES string of the molecule is Bc1ccc2c3c([nH]c2c1)C=CCC3. The Labute approximate surface area is 84.2 Å². The van der Waals surface area contributed by atoms with E-state index in [1.54, 1.807) is 0 Å². The molecule has 0 aliphatic heterocycles. The average Bonchev–Trinajstić information content (AvgIpc) is 2.54. The molecule has 1 aromatic heterocycles. The third-order valence-corrected chi connectivity index (χ3v) is 2.94. The molecule has 1 N–H and O–H groups in total. The number of hydrogen-bond donors (Lipinski definition) is 1. The summed E-state index contributed by atoms with van der Waals surface area (Å²) in [5.74, 6) is 0. The first-order valence-corrected chi connectivity index (χ1v) is 5.12. The molecule has 2 aromatic rings. The van der Waals surface area contributed by atoms with Gasteiger partial charge < -0.3 is 4.98 Å². The molecule has 1 heterocycles. The Morgan fingerprint density at radius 2 is 2.21 bits per heavy atom. The highest BCUT2D eigenvalue weighted by Gasteiger charge is 2.10. The van der Waals surface area contributed by atoms with Crippen LogP contribution in [0.1, 0.15) is 17.7 Å². The second-order valence-corrected chi connectivity index (χ2v) is 4.01. The van der Waals surface area contributed by atoms with Gasteiger partial charge in [0.05, 0.1) is 0 Å². The number of aromatic amines is 1. The van der Waals surface area contributed by atoms with Crippen LogP contribution in [-0.2, 0) is 6.42 Å². The van der Waals surface area contributed by atoms with Gasteiger partial charge in [0.15, 0.2) is 0 Å². The summed E-state index contributed by atoms with van der Waals surface area (Å²) in [6, 6.07) is 6.65. The second-order valence-electron chi connectivity index (χ2n) is 4.01. The van der Waals surface area contributed by atoms with E-state index in [0.717, 1.165) is 0 Å². The van der Waals surface area contributed by atoms with Crippen LogP contribution in [0.3, 0.4) is 0 Å². The van der Waals surface area contributed by atoms with Gasteiger partial charge in [-0.15, -0.1) is 0 Å². The molecule has 1 aliphatic carbocycles. The van der Waals surface area contributed by atoms with Gasteiger partial charge in [0.1, 0.15) is 7.85 Å². The number of allylic oxidation sites excluding steroid dienone is 1. The van der Waals surface area contributed by atoms with Crippen LogP contribution >= 0.6 is 0 Å². The molecule has 0 fully saturated rings. The van der Waals surface area contributed by atoms with Crippen molar-refractivity contribution in [3.63, 3.8) is 0 Å². The lowest BCUT2D eigenvalue weighted by Crippen LogP contribution is -1.99. The monoisotopic (exact) mass is 181 g/mol. The molecule has 0 atom stereocenters. The van der Waals surface area contributed by atoms with Gasteiger partial charge >= 0.3 is 0 Å². The Hall–Kier alpha value is -1.44. The minimum absolute atomic E-state index is 1.17. The molecule has 0 spiro atoms. The summed E-state index contributed by atoms with van der Waals surface area (Å²) in [6.07, 6.45) is 6.79. The molecule has 14 heavy (non-hydrogen) atoms. The molecule has 1 nitrogen and oxygen atoms in total. The molecule has 0 unspecified atom stereocenters. The fraction of sp³-hybridized carbons (Fsp3) is 0.167. The number of nitrogens with one attached hydrogen (secondary N) is 1. The Morgan fingerprint density at radius 3 is 3.14 bits per heavy atom. The summed E-state index contributed by atoms with van der Waals surface area (Å²) < 4.78 is 0. The van der Waals surface area contributed by atoms with Crippen molar-refractivity contribution in [2.24, 2.45) is 0 Å². The second kappa shape index (κ2) is 2.78. The van der Waals surface area contributed by atoms with Gasteiger partial charge in [-0.05, 0) is 30.5 Å². The zero-order valence-electron chi connectivity index (χ0n) is 8.30. The summed E-state index contributed by atoms with van der Waals surface area (Å²) in [7, 11) is 2.13. The number of benzene rings is 1. The molecule has 0 saturated heterocycles. The number of H-pyrrole nitrogens is 1. The Morgan fingerprint density at radius 1 is 1.29 bits per heavy atom. The van der Waals surface area contributed by atoms with Crippen molar-refractivity contribution >= 4 is 30.3 Å². The van der Waals surface area contributed by atoms with Crippen LogP contribution in [0.2, 0.25) is 0 Å². The fourth-order valence-electron chi connectivity index (χ4n) is 2.23. The van der Waals surface area contributed by atoms with E-state index in [1.807, 2.05) is 0 Å². The lowest BCUT2D eigenvalue weighted by molar-refractivity contribution is 0.992. The van der Waals surface area contributed by atoms with Crippen molar-refractivity contribution in [1.29, 1.82) is 0 Å². The summed E-state index contributed by atoms with van der Waals surface area (Å²) >= 11 is 0. The minimum Gasteiger partial charge on any atom is -0.355 e. The van der Waals surface area contributed by atoms with Crippen molar-refractivity contribution in [2.45, 2.75) is 12.8 Å². The predicted octanol–water partition coefficient (Wildman–Crippen LogP) is 1.39. The van der Waals surface area contributed by atoms with E-state index >= 15 is 0 Å². The van der Waals surface area contributed by atoms with Crippen molar-refractivity contribution in [1.82, 2.24) is 4.98 Å². The molecule has 68 valence electrons. The van der Waals surface area contributed by atoms with Crippen LogP contribution < -0.4 is 5.46 Å². The molecule has 0 saturated carbocycles. The standard InChI is InChI=1S/C12H12BN/c13-8-5-6-10-9-3-1-2-4-11(9)14-12(10)7-8/h2,4-7,14H,1,3,13H2. The summed E-state index contributed by atoms with van der Waals surface area (Å²) in [4.78, 5) is 3.47. The van der Waals surface area contributed by atoms with E-state index in [9.17, 15) is 0 Å². The van der Waals surface area contributed by atoms with Crippen LogP contribution in [0.15, 0.2) is 24.3 Å². The largest absolute Gasteiger partial charge is 0.355 e. The van der Waals surface area contributed by atoms with Crippen LogP contribution in [0, 0.1) is 0 Å². The Bertz CT molecular complexity index is 522. The summed E-state index contributed by atoms with van der Waals surface area (Å²) in [6.45, 7) is 0. The zero-order valence-corrected chi connectivity index (χ0v) is 8.30. The van der Waals surface area contributed by atoms with E-state index in [2.05, 4.69) is 43.2 Å². The van der Waals surface area contributed by atoms with Gasteiger partial charge in [-0.2, -0.15) is 0 Å². The zero-order chi connectivity index (χ0) is 9.54. The van der Waals surface area contributed by atoms with E-state index in [4.69, 9.17) is 0 Å². The maximum Gasteiger partial charge on any atom is 0.139 e. The highest BCUT2D eigenvalue weighted by molar-refractivity contribution is 6.33. The Balaban J connectivity index is 2.37. The third-order valence-electron chi connectivity index (χ3n) is 2.94. The fourth-order valence-corrected chi connectivity index (χ4v) is 2.23. The summed E-state index contributed by atoms with van der Waals surface area (Å²) in [5.41, 5.74) is 5.39. The molecular formula is C12H12BN. The van der Waals surface area contributed by atoms with Crippen LogP contribution in [0.4, 0.5) is 0 Å². The van der Waals surface area contributed by atoms with Crippen molar-refractivity contribution < 1.29 is 0 Å². The normalized spacial score (nSPS) is 14.6. The van der Waals surface area contributed by atoms with Crippen LogP contribution in [0.5, 0.6) is 0 Å². The van der Waals surface area contributed by atoms with E-state index in [-0.39, 0.29) is 0 Å². The predicted molar refractivity (Wildman–Crippen MR) is 63.8 cm³/mol. The van der Waals surface area contributed by atoms with Crippen LogP contribution in [0.25, 0.3) is 17.0 Å². The van der Waals surface area contributed by atoms with Crippen LogP contribution in [-0.4, -0.2) is 12.8 Å². The highest BCUT2D eigenvalue weighted by Crippen LogP contribution is 2.26. The quantitative estimate of drug-likeness (QED) is 0.591. The van der Waals surface area contributed by atoms with Gasteiger partial charge in [-0.3, -0.25) is 0 Å². The highest BCUT2D eigenvalue weighted by atomic mass is 14.7. The first-order valence-electron chi connectivity index (χ1n) is 5.12. The molecular weight excluding hydrogens is 169 g/mol. The van der Waals surface area contributed by atoms with Gasteiger partial charge in [-0.25, -0.2) is 0 Å². The molecule has 0 bridgehead atoms. The summed E-state index contributed by atoms with van der Waals surface area (Å²) in [5, 5.41) is 1.40. The molecule has 1 aromatic carbocycles. The van der Waals surface area contributed by atoms with E-state index in [1.165, 1.54) is 40.5 Å². The molecule has 1 aliphatic rings. The number of aryl methyl sites for hydroxylation is 1. The smallest absolute Gasteiger partial charge is 0.139 e. The molecule has 0 radical (unpaired) electrons.